The molecule has 0 atom stereocenters. The number of anilines is 4. The quantitative estimate of drug-likeness (QED) is 0.273. The number of benzene rings is 1. The minimum Gasteiger partial charge on any atom is -0.378 e. The molecule has 1 N–H and O–H groups in total. The van der Waals surface area contributed by atoms with Crippen molar-refractivity contribution in [1.29, 1.82) is 0 Å². The summed E-state index contributed by atoms with van der Waals surface area (Å²) in [4.78, 5) is 17.0. The van der Waals surface area contributed by atoms with Gasteiger partial charge in [-0.25, -0.2) is 18.7 Å². The van der Waals surface area contributed by atoms with E-state index in [1.165, 1.54) is 18.2 Å². The highest BCUT2D eigenvalue weighted by molar-refractivity contribution is 5.96. The highest BCUT2D eigenvalue weighted by Gasteiger charge is 2.32. The van der Waals surface area contributed by atoms with Crippen molar-refractivity contribution in [2.24, 2.45) is 0 Å². The Hall–Kier alpha value is -4.10. The Morgan fingerprint density at radius 2 is 1.50 bits per heavy atom. The number of nitrogens with zero attached hydrogens (tertiary/aromatic N) is 5. The van der Waals surface area contributed by atoms with E-state index in [2.05, 4.69) is 25.1 Å². The summed E-state index contributed by atoms with van der Waals surface area (Å²) in [5, 5.41) is 3.92. The van der Waals surface area contributed by atoms with Crippen LogP contribution in [0, 0.1) is 0 Å². The fourth-order valence-electron chi connectivity index (χ4n) is 5.07. The molecule has 3 aromatic heterocycles. The van der Waals surface area contributed by atoms with Crippen LogP contribution in [0.5, 0.6) is 0 Å². The topological polar surface area (TPSA) is 75.6 Å². The number of alkyl halides is 5. The van der Waals surface area contributed by atoms with Gasteiger partial charge in [0.05, 0.1) is 55.2 Å². The largest absolute Gasteiger partial charge is 0.433 e. The summed E-state index contributed by atoms with van der Waals surface area (Å²) in [7, 11) is 0. The first-order valence-electron chi connectivity index (χ1n) is 13.5. The van der Waals surface area contributed by atoms with E-state index in [1.807, 2.05) is 6.07 Å². The van der Waals surface area contributed by atoms with Gasteiger partial charge in [-0.05, 0) is 42.5 Å². The molecule has 4 aromatic rings. The molecule has 2 saturated heterocycles. The lowest BCUT2D eigenvalue weighted by Gasteiger charge is -2.32. The van der Waals surface area contributed by atoms with Crippen molar-refractivity contribution in [3.8, 4) is 11.3 Å². The summed E-state index contributed by atoms with van der Waals surface area (Å²) in [5.41, 5.74) is 1.56. The predicted octanol–water partition coefficient (Wildman–Crippen LogP) is 6.07. The monoisotopic (exact) mass is 586 g/mol. The molecule has 0 saturated carbocycles. The van der Waals surface area contributed by atoms with Gasteiger partial charge in [0, 0.05) is 54.6 Å². The van der Waals surface area contributed by atoms with Crippen LogP contribution in [-0.4, -0.2) is 67.6 Å². The van der Waals surface area contributed by atoms with Gasteiger partial charge in [-0.1, -0.05) is 0 Å². The van der Waals surface area contributed by atoms with Crippen molar-refractivity contribution in [1.82, 2.24) is 15.0 Å². The van der Waals surface area contributed by atoms with Crippen molar-refractivity contribution >= 4 is 33.8 Å². The van der Waals surface area contributed by atoms with Gasteiger partial charge in [0.1, 0.15) is 5.69 Å². The number of aromatic nitrogens is 3. The first-order valence-corrected chi connectivity index (χ1v) is 13.5. The fourth-order valence-corrected chi connectivity index (χ4v) is 5.07. The lowest BCUT2D eigenvalue weighted by Crippen LogP contribution is -2.38. The maximum atomic E-state index is 14.0. The Kier molecular flexibility index (Phi) is 7.78. The van der Waals surface area contributed by atoms with Crippen molar-refractivity contribution in [3.63, 3.8) is 0 Å². The molecule has 1 aromatic carbocycles. The van der Waals surface area contributed by atoms with Gasteiger partial charge >= 0.3 is 6.18 Å². The zero-order valence-electron chi connectivity index (χ0n) is 22.4. The van der Waals surface area contributed by atoms with Crippen molar-refractivity contribution in [2.45, 2.75) is 12.6 Å². The maximum Gasteiger partial charge on any atom is 0.433 e. The van der Waals surface area contributed by atoms with E-state index in [-0.39, 0.29) is 11.1 Å². The van der Waals surface area contributed by atoms with E-state index in [0.717, 1.165) is 18.0 Å². The molecule has 0 bridgehead atoms. The molecule has 0 spiro atoms. The van der Waals surface area contributed by atoms with Crippen LogP contribution in [0.2, 0.25) is 0 Å². The first-order chi connectivity index (χ1) is 20.3. The third-order valence-corrected chi connectivity index (χ3v) is 7.24. The molecule has 42 heavy (non-hydrogen) atoms. The summed E-state index contributed by atoms with van der Waals surface area (Å²) in [5.74, 6) is 0.673. The Morgan fingerprint density at radius 3 is 2.14 bits per heavy atom. The van der Waals surface area contributed by atoms with Crippen LogP contribution in [0.1, 0.15) is 17.7 Å². The van der Waals surface area contributed by atoms with Crippen LogP contribution < -0.4 is 15.1 Å². The molecule has 2 aliphatic rings. The van der Waals surface area contributed by atoms with Crippen molar-refractivity contribution in [2.75, 3.05) is 67.7 Å². The van der Waals surface area contributed by atoms with Crippen LogP contribution in [-0.2, 0) is 15.7 Å². The minimum atomic E-state index is -4.57. The van der Waals surface area contributed by atoms with Gasteiger partial charge in [0.2, 0.25) is 0 Å². The highest BCUT2D eigenvalue weighted by atomic mass is 19.4. The van der Waals surface area contributed by atoms with E-state index in [9.17, 15) is 22.0 Å². The summed E-state index contributed by atoms with van der Waals surface area (Å²) >= 11 is 0. The second-order valence-corrected chi connectivity index (χ2v) is 9.95. The molecule has 0 radical (unpaired) electrons. The average Bonchev–Trinajstić information content (AvgIpc) is 3.01. The molecule has 2 fully saturated rings. The normalized spacial score (nSPS) is 16.3. The van der Waals surface area contributed by atoms with Crippen LogP contribution in [0.25, 0.3) is 22.2 Å². The van der Waals surface area contributed by atoms with Crippen molar-refractivity contribution < 1.29 is 31.4 Å². The summed E-state index contributed by atoms with van der Waals surface area (Å²) < 4.78 is 78.0. The highest BCUT2D eigenvalue weighted by Crippen LogP contribution is 2.37. The van der Waals surface area contributed by atoms with Crippen LogP contribution >= 0.6 is 0 Å². The van der Waals surface area contributed by atoms with Gasteiger partial charge in [0.15, 0.2) is 5.82 Å². The van der Waals surface area contributed by atoms with E-state index >= 15 is 0 Å². The van der Waals surface area contributed by atoms with Gasteiger partial charge in [-0.15, -0.1) is 0 Å². The van der Waals surface area contributed by atoms with E-state index in [4.69, 9.17) is 14.5 Å². The smallest absolute Gasteiger partial charge is 0.378 e. The van der Waals surface area contributed by atoms with E-state index in [0.29, 0.717) is 86.4 Å². The summed E-state index contributed by atoms with van der Waals surface area (Å²) in [6.07, 6.45) is -4.47. The van der Waals surface area contributed by atoms with E-state index in [1.54, 1.807) is 18.3 Å². The summed E-state index contributed by atoms with van der Waals surface area (Å²) in [6.45, 7) is 4.93. The van der Waals surface area contributed by atoms with Crippen molar-refractivity contribution in [3.05, 3.63) is 66.1 Å². The number of fused-ring (bicyclic) bond motifs is 1. The number of morpholine rings is 2. The van der Waals surface area contributed by atoms with Gasteiger partial charge in [-0.3, -0.25) is 4.98 Å². The molecular weight excluding hydrogens is 559 g/mol. The maximum absolute atomic E-state index is 14.0. The molecule has 13 heteroatoms. The van der Waals surface area contributed by atoms with E-state index < -0.39 is 18.3 Å². The van der Waals surface area contributed by atoms with Crippen LogP contribution in [0.4, 0.5) is 44.8 Å². The second kappa shape index (κ2) is 11.6. The third-order valence-electron chi connectivity index (χ3n) is 7.24. The third kappa shape index (κ3) is 5.93. The lowest BCUT2D eigenvalue weighted by atomic mass is 10.1. The Morgan fingerprint density at radius 1 is 0.786 bits per heavy atom. The van der Waals surface area contributed by atoms with Gasteiger partial charge in [0.25, 0.3) is 6.43 Å². The molecule has 5 heterocycles. The van der Waals surface area contributed by atoms with Gasteiger partial charge < -0.3 is 24.6 Å². The molecule has 2 aliphatic heterocycles. The SMILES string of the molecule is FC(F)c1cc(Nc2cc(N3CCOCC3)cnc2N2CCOCC2)c2ccc(-c3ccc(C(F)(F)F)nc3)nc2c1. The Labute approximate surface area is 238 Å². The lowest BCUT2D eigenvalue weighted by molar-refractivity contribution is -0.141. The second-order valence-electron chi connectivity index (χ2n) is 9.95. The summed E-state index contributed by atoms with van der Waals surface area (Å²) in [6, 6.07) is 10.1. The zero-order valence-corrected chi connectivity index (χ0v) is 22.4. The first kappa shape index (κ1) is 28.0. The zero-order chi connectivity index (χ0) is 29.3. The molecule has 6 rings (SSSR count). The molecule has 0 amide bonds. The number of halogens is 5. The molecule has 220 valence electrons. The molecule has 0 aliphatic carbocycles. The standard InChI is InChI=1S/C29H27F5N6O2/c30-27(31)19-13-23-21(2-3-22(37-23)18-1-4-26(35-16-18)29(32,33)34)24(14-19)38-25-15-20(39-5-9-41-10-6-39)17-36-28(25)40-7-11-42-12-8-40/h1-4,13-17,27,38H,5-12H2. The predicted molar refractivity (Wildman–Crippen MR) is 149 cm³/mol. The van der Waals surface area contributed by atoms with Gasteiger partial charge in [-0.2, -0.15) is 13.2 Å². The molecule has 0 unspecified atom stereocenters. The van der Waals surface area contributed by atoms with Crippen LogP contribution in [0.3, 0.4) is 0 Å². The molecular formula is C29H27F5N6O2. The number of rotatable bonds is 6. The number of hydrogen-bond donors (Lipinski definition) is 1. The fraction of sp³-hybridized carbons (Fsp3) is 0.345. The number of nitrogens with one attached hydrogen (secondary N) is 1. The number of ether oxygens (including phenoxy) is 2. The Bertz CT molecular complexity index is 1560. The average molecular weight is 587 g/mol. The number of pyridine rings is 3. The minimum absolute atomic E-state index is 0.245. The Balaban J connectivity index is 1.41. The van der Waals surface area contributed by atoms with Crippen LogP contribution in [0.15, 0.2) is 54.9 Å². The number of hydrogen-bond acceptors (Lipinski definition) is 8. The molecule has 8 nitrogen and oxygen atoms in total.